The molecule has 0 rings (SSSR count). The zero-order valence-corrected chi connectivity index (χ0v) is 17.1. The number of unbranched alkanes of at least 4 members (excludes halogenated alkanes) is 3. The molecule has 0 aliphatic carbocycles. The molecule has 0 saturated heterocycles. The summed E-state index contributed by atoms with van der Waals surface area (Å²) in [5, 5.41) is 0. The Balaban J connectivity index is 0. The molecule has 0 saturated carbocycles. The quantitative estimate of drug-likeness (QED) is 0.105. The average Bonchev–Trinajstić information content (AvgIpc) is 2.58. The van der Waals surface area contributed by atoms with Crippen LogP contribution >= 0.6 is 0 Å². The summed E-state index contributed by atoms with van der Waals surface area (Å²) in [6, 6.07) is 0. The maximum atomic E-state index is 12.2. The number of hydrogen-bond acceptors (Lipinski definition) is 8. The molecule has 0 spiro atoms. The number of rotatable bonds is 14. The molecule has 0 radical (unpaired) electrons. The van der Waals surface area contributed by atoms with E-state index < -0.39 is 33.9 Å². The molecule has 0 heterocycles. The monoisotopic (exact) mass is 444 g/mol. The van der Waals surface area contributed by atoms with Crippen LogP contribution in [0.2, 0.25) is 0 Å². The van der Waals surface area contributed by atoms with E-state index in [1.54, 1.807) is 0 Å². The summed E-state index contributed by atoms with van der Waals surface area (Å²) in [5.41, 5.74) is 0.326. The SMILES string of the molecule is C=C(C)C(=O)OCC(COC(=O)C(=C)C)C(=O)OCCCCCCS(=O)(=O)O.[NaH]. The van der Waals surface area contributed by atoms with Crippen LogP contribution < -0.4 is 0 Å². The predicted molar refractivity (Wildman–Crippen MR) is 108 cm³/mol. The van der Waals surface area contributed by atoms with Gasteiger partial charge in [0.1, 0.15) is 19.1 Å². The van der Waals surface area contributed by atoms with Crippen LogP contribution in [0.1, 0.15) is 39.5 Å². The number of esters is 3. The summed E-state index contributed by atoms with van der Waals surface area (Å²) in [6.07, 6.45) is 1.94. The second kappa shape index (κ2) is 15.6. The Labute approximate surface area is 193 Å². The van der Waals surface area contributed by atoms with E-state index in [0.29, 0.717) is 25.7 Å². The van der Waals surface area contributed by atoms with Gasteiger partial charge >= 0.3 is 47.5 Å². The number of carbonyl (C=O) groups is 3. The molecule has 9 nitrogen and oxygen atoms in total. The average molecular weight is 444 g/mol. The van der Waals surface area contributed by atoms with Crippen LogP contribution in [0, 0.1) is 5.92 Å². The molecule has 0 aliphatic rings. The van der Waals surface area contributed by atoms with Crippen LogP contribution in [-0.2, 0) is 38.7 Å². The molecule has 0 fully saturated rings. The zero-order chi connectivity index (χ0) is 21.7. The third kappa shape index (κ3) is 16.3. The first-order chi connectivity index (χ1) is 12.9. The summed E-state index contributed by atoms with van der Waals surface area (Å²) < 4.78 is 44.8. The fourth-order valence-electron chi connectivity index (χ4n) is 1.81. The van der Waals surface area contributed by atoms with Crippen molar-refractivity contribution in [1.29, 1.82) is 0 Å². The van der Waals surface area contributed by atoms with E-state index in [4.69, 9.17) is 18.8 Å². The van der Waals surface area contributed by atoms with Crippen LogP contribution in [0.25, 0.3) is 0 Å². The van der Waals surface area contributed by atoms with Crippen molar-refractivity contribution >= 4 is 57.6 Å². The van der Waals surface area contributed by atoms with Gasteiger partial charge in [0, 0.05) is 11.1 Å². The normalized spacial score (nSPS) is 10.6. The van der Waals surface area contributed by atoms with Crippen molar-refractivity contribution in [3.8, 4) is 0 Å². The fourth-order valence-corrected chi connectivity index (χ4v) is 2.38. The van der Waals surface area contributed by atoms with Gasteiger partial charge in [-0.05, 0) is 26.7 Å². The first-order valence-electron chi connectivity index (χ1n) is 8.71. The Morgan fingerprint density at radius 1 is 0.862 bits per heavy atom. The van der Waals surface area contributed by atoms with Gasteiger partial charge in [-0.2, -0.15) is 8.42 Å². The van der Waals surface area contributed by atoms with Crippen LogP contribution in [0.4, 0.5) is 0 Å². The first-order valence-corrected chi connectivity index (χ1v) is 10.3. The molecule has 0 bridgehead atoms. The van der Waals surface area contributed by atoms with E-state index in [-0.39, 0.29) is 66.3 Å². The second-order valence-corrected chi connectivity index (χ2v) is 7.89. The number of carbonyl (C=O) groups excluding carboxylic acids is 3. The minimum absolute atomic E-state index is 0. The second-order valence-electron chi connectivity index (χ2n) is 6.32. The molecule has 0 amide bonds. The van der Waals surface area contributed by atoms with Crippen molar-refractivity contribution in [1.82, 2.24) is 0 Å². The molecule has 0 aromatic rings. The van der Waals surface area contributed by atoms with E-state index in [0.717, 1.165) is 0 Å². The molecule has 29 heavy (non-hydrogen) atoms. The molecule has 11 heteroatoms. The molecule has 0 atom stereocenters. The van der Waals surface area contributed by atoms with Crippen molar-refractivity contribution in [3.63, 3.8) is 0 Å². The van der Waals surface area contributed by atoms with E-state index in [1.165, 1.54) is 13.8 Å². The molecular weight excluding hydrogens is 415 g/mol. The molecule has 162 valence electrons. The third-order valence-electron chi connectivity index (χ3n) is 3.40. The van der Waals surface area contributed by atoms with Crippen LogP contribution in [0.15, 0.2) is 24.3 Å². The van der Waals surface area contributed by atoms with Crippen molar-refractivity contribution in [2.45, 2.75) is 39.5 Å². The molecule has 0 aliphatic heterocycles. The zero-order valence-electron chi connectivity index (χ0n) is 16.3. The van der Waals surface area contributed by atoms with Gasteiger partial charge in [-0.1, -0.05) is 26.0 Å². The maximum absolute atomic E-state index is 12.2. The van der Waals surface area contributed by atoms with E-state index in [2.05, 4.69) is 13.2 Å². The van der Waals surface area contributed by atoms with Crippen LogP contribution in [0.3, 0.4) is 0 Å². The van der Waals surface area contributed by atoms with Gasteiger partial charge in [-0.3, -0.25) is 9.35 Å². The van der Waals surface area contributed by atoms with Crippen LogP contribution in [-0.4, -0.2) is 86.0 Å². The first kappa shape index (κ1) is 30.0. The predicted octanol–water partition coefficient (Wildman–Crippen LogP) is 1.18. The molecule has 0 unspecified atom stereocenters. The summed E-state index contributed by atoms with van der Waals surface area (Å²) in [5.74, 6) is -3.35. The van der Waals surface area contributed by atoms with Crippen molar-refractivity contribution < 1.29 is 41.6 Å². The standard InChI is InChI=1S/C18H28O9S.Na.H/c1-13(2)16(19)26-11-15(12-27-17(20)14(3)4)18(21)25-9-7-5-6-8-10-28(22,23)24;;/h15H,1,3,5-12H2,2,4H3,(H,22,23,24);;. The minimum atomic E-state index is -3.96. The van der Waals surface area contributed by atoms with E-state index in [1.807, 2.05) is 0 Å². The number of hydrogen-bond donors (Lipinski definition) is 1. The number of ether oxygens (including phenoxy) is 3. The van der Waals surface area contributed by atoms with Gasteiger partial charge in [-0.25, -0.2) is 9.59 Å². The summed E-state index contributed by atoms with van der Waals surface area (Å²) in [6.45, 7) is 9.19. The molecular formula is C18H29NaO9S. The van der Waals surface area contributed by atoms with E-state index in [9.17, 15) is 22.8 Å². The van der Waals surface area contributed by atoms with Crippen LogP contribution in [0.5, 0.6) is 0 Å². The summed E-state index contributed by atoms with van der Waals surface area (Å²) >= 11 is 0. The summed E-state index contributed by atoms with van der Waals surface area (Å²) in [7, 11) is -3.96. The van der Waals surface area contributed by atoms with Gasteiger partial charge < -0.3 is 14.2 Å². The van der Waals surface area contributed by atoms with Gasteiger partial charge in [0.15, 0.2) is 0 Å². The van der Waals surface area contributed by atoms with E-state index >= 15 is 0 Å². The molecule has 0 aromatic carbocycles. The summed E-state index contributed by atoms with van der Waals surface area (Å²) in [4.78, 5) is 35.1. The van der Waals surface area contributed by atoms with Crippen molar-refractivity contribution in [3.05, 3.63) is 24.3 Å². The Bertz CT molecular complexity index is 655. The van der Waals surface area contributed by atoms with Gasteiger partial charge in [0.2, 0.25) is 0 Å². The van der Waals surface area contributed by atoms with Gasteiger partial charge in [0.05, 0.1) is 12.4 Å². The molecule has 1 N–H and O–H groups in total. The topological polar surface area (TPSA) is 133 Å². The fraction of sp³-hybridized carbons (Fsp3) is 0.611. The Kier molecular flexibility index (Phi) is 16.2. The van der Waals surface area contributed by atoms with Crippen molar-refractivity contribution in [2.75, 3.05) is 25.6 Å². The van der Waals surface area contributed by atoms with Gasteiger partial charge in [-0.15, -0.1) is 0 Å². The van der Waals surface area contributed by atoms with Gasteiger partial charge in [0.25, 0.3) is 10.1 Å². The van der Waals surface area contributed by atoms with Crippen molar-refractivity contribution in [2.24, 2.45) is 5.92 Å². The third-order valence-corrected chi connectivity index (χ3v) is 4.21. The Hall–Kier alpha value is -1.20. The Morgan fingerprint density at radius 3 is 1.72 bits per heavy atom. The Morgan fingerprint density at radius 2 is 1.31 bits per heavy atom. The molecule has 0 aromatic heterocycles.